The van der Waals surface area contributed by atoms with Gasteiger partial charge in [0.25, 0.3) is 0 Å². The fourth-order valence-electron chi connectivity index (χ4n) is 2.85. The third-order valence-corrected chi connectivity index (χ3v) is 4.27. The van der Waals surface area contributed by atoms with E-state index >= 15 is 0 Å². The second-order valence-electron chi connectivity index (χ2n) is 6.21. The van der Waals surface area contributed by atoms with Gasteiger partial charge in [-0.1, -0.05) is 19.9 Å². The van der Waals surface area contributed by atoms with E-state index in [1.165, 1.54) is 6.42 Å². The van der Waals surface area contributed by atoms with Crippen LogP contribution in [0.3, 0.4) is 0 Å². The molecule has 0 spiro atoms. The lowest BCUT2D eigenvalue weighted by molar-refractivity contribution is -0.128. The summed E-state index contributed by atoms with van der Waals surface area (Å²) in [6.07, 6.45) is 5.83. The van der Waals surface area contributed by atoms with Crippen LogP contribution in [0, 0.1) is 11.8 Å². The van der Waals surface area contributed by atoms with Crippen molar-refractivity contribution in [2.45, 2.75) is 32.8 Å². The molecule has 2 aliphatic rings. The fourth-order valence-corrected chi connectivity index (χ4v) is 2.85. The minimum Gasteiger partial charge on any atom is -0.390 e. The summed E-state index contributed by atoms with van der Waals surface area (Å²) in [5, 5.41) is 9.17. The first-order chi connectivity index (χ1) is 9.06. The molecule has 4 nitrogen and oxygen atoms in total. The van der Waals surface area contributed by atoms with Gasteiger partial charge >= 0.3 is 0 Å². The van der Waals surface area contributed by atoms with Crippen LogP contribution in [0.25, 0.3) is 0 Å². The van der Waals surface area contributed by atoms with Crippen LogP contribution in [-0.4, -0.2) is 59.6 Å². The molecule has 0 aromatic carbocycles. The molecule has 0 saturated carbocycles. The van der Waals surface area contributed by atoms with Crippen molar-refractivity contribution in [2.24, 2.45) is 11.8 Å². The van der Waals surface area contributed by atoms with E-state index in [-0.39, 0.29) is 12.0 Å². The summed E-state index contributed by atoms with van der Waals surface area (Å²) in [6, 6.07) is 0. The molecule has 0 bridgehead atoms. The average Bonchev–Trinajstić information content (AvgIpc) is 2.36. The molecule has 19 heavy (non-hydrogen) atoms. The van der Waals surface area contributed by atoms with Crippen LogP contribution < -0.4 is 0 Å². The van der Waals surface area contributed by atoms with Crippen molar-refractivity contribution >= 4 is 5.91 Å². The Morgan fingerprint density at radius 1 is 1.37 bits per heavy atom. The highest BCUT2D eigenvalue weighted by Gasteiger charge is 2.25. The lowest BCUT2D eigenvalue weighted by Crippen LogP contribution is -2.50. The van der Waals surface area contributed by atoms with E-state index in [4.69, 9.17) is 0 Å². The summed E-state index contributed by atoms with van der Waals surface area (Å²) in [4.78, 5) is 16.2. The number of carbonyl (C=O) groups excluding carboxylic acids is 1. The van der Waals surface area contributed by atoms with Crippen LogP contribution in [0.4, 0.5) is 0 Å². The number of hydrogen-bond donors (Lipinski definition) is 1. The molecule has 0 aromatic heterocycles. The van der Waals surface area contributed by atoms with Crippen molar-refractivity contribution < 1.29 is 9.90 Å². The van der Waals surface area contributed by atoms with E-state index in [0.717, 1.165) is 39.1 Å². The second kappa shape index (κ2) is 6.53. The number of β-amino-alcohol motifs (C(OH)–C–C–N with tert-alkyl or cyclic N) is 1. The van der Waals surface area contributed by atoms with Gasteiger partial charge in [-0.05, 0) is 24.7 Å². The molecule has 0 aliphatic carbocycles. The summed E-state index contributed by atoms with van der Waals surface area (Å²) in [7, 11) is 0. The third kappa shape index (κ3) is 4.05. The quantitative estimate of drug-likeness (QED) is 0.775. The molecule has 108 valence electrons. The van der Waals surface area contributed by atoms with Gasteiger partial charge < -0.3 is 10.0 Å². The Balaban J connectivity index is 1.74. The molecule has 2 heterocycles. The van der Waals surface area contributed by atoms with Crippen molar-refractivity contribution in [1.29, 1.82) is 0 Å². The fraction of sp³-hybridized carbons (Fsp3) is 0.800. The van der Waals surface area contributed by atoms with E-state index in [0.29, 0.717) is 11.8 Å². The number of piperidine rings is 1. The molecule has 4 heteroatoms. The lowest BCUT2D eigenvalue weighted by Gasteiger charge is -2.35. The van der Waals surface area contributed by atoms with E-state index in [9.17, 15) is 9.90 Å². The Hall–Kier alpha value is -0.870. The average molecular weight is 266 g/mol. The Morgan fingerprint density at radius 2 is 2.11 bits per heavy atom. The smallest absolute Gasteiger partial charge is 0.246 e. The summed E-state index contributed by atoms with van der Waals surface area (Å²) in [5.41, 5.74) is 0. The van der Waals surface area contributed by atoms with Crippen molar-refractivity contribution in [2.75, 3.05) is 32.7 Å². The zero-order chi connectivity index (χ0) is 13.8. The van der Waals surface area contributed by atoms with Gasteiger partial charge in [0.05, 0.1) is 6.10 Å². The zero-order valence-corrected chi connectivity index (χ0v) is 12.1. The van der Waals surface area contributed by atoms with Crippen LogP contribution in [0.15, 0.2) is 12.2 Å². The highest BCUT2D eigenvalue weighted by molar-refractivity contribution is 5.87. The topological polar surface area (TPSA) is 43.8 Å². The van der Waals surface area contributed by atoms with Gasteiger partial charge in [0, 0.05) is 38.8 Å². The standard InChI is InChI=1S/C15H26N2O2/c1-12(2)13-5-3-8-17(9-13)15(19)6-4-7-16-10-14(18)11-16/h4,6,12-14,18H,3,5,7-11H2,1-2H3/b6-4+. The van der Waals surface area contributed by atoms with Crippen molar-refractivity contribution in [3.63, 3.8) is 0 Å². The summed E-state index contributed by atoms with van der Waals surface area (Å²) >= 11 is 0. The number of aliphatic hydroxyl groups is 1. The molecule has 2 rings (SSSR count). The molecule has 2 fully saturated rings. The number of aliphatic hydroxyl groups excluding tert-OH is 1. The number of rotatable bonds is 4. The monoisotopic (exact) mass is 266 g/mol. The Morgan fingerprint density at radius 3 is 2.74 bits per heavy atom. The molecular weight excluding hydrogens is 240 g/mol. The van der Waals surface area contributed by atoms with Crippen molar-refractivity contribution in [1.82, 2.24) is 9.80 Å². The maximum absolute atomic E-state index is 12.1. The predicted molar refractivity (Wildman–Crippen MR) is 75.7 cm³/mol. The van der Waals surface area contributed by atoms with Gasteiger partial charge in [-0.2, -0.15) is 0 Å². The molecule has 1 N–H and O–H groups in total. The normalized spacial score (nSPS) is 26.1. The highest BCUT2D eigenvalue weighted by Crippen LogP contribution is 2.23. The third-order valence-electron chi connectivity index (χ3n) is 4.27. The number of carbonyl (C=O) groups is 1. The van der Waals surface area contributed by atoms with Gasteiger partial charge in [0.15, 0.2) is 0 Å². The Kier molecular flexibility index (Phi) is 4.99. The van der Waals surface area contributed by atoms with Gasteiger partial charge in [-0.25, -0.2) is 0 Å². The van der Waals surface area contributed by atoms with E-state index in [2.05, 4.69) is 18.7 Å². The maximum Gasteiger partial charge on any atom is 0.246 e. The number of likely N-dealkylation sites (tertiary alicyclic amines) is 2. The van der Waals surface area contributed by atoms with Crippen LogP contribution in [-0.2, 0) is 4.79 Å². The molecule has 2 saturated heterocycles. The second-order valence-corrected chi connectivity index (χ2v) is 6.21. The maximum atomic E-state index is 12.1. The Labute approximate surface area is 116 Å². The first-order valence-electron chi connectivity index (χ1n) is 7.42. The molecule has 1 unspecified atom stereocenters. The first-order valence-corrected chi connectivity index (χ1v) is 7.42. The Bertz CT molecular complexity index is 335. The molecule has 0 radical (unpaired) electrons. The molecule has 1 amide bonds. The summed E-state index contributed by atoms with van der Waals surface area (Å²) in [6.45, 7) is 8.52. The zero-order valence-electron chi connectivity index (χ0n) is 12.1. The first kappa shape index (κ1) is 14.5. The summed E-state index contributed by atoms with van der Waals surface area (Å²) in [5.74, 6) is 1.45. The van der Waals surface area contributed by atoms with Crippen molar-refractivity contribution in [3.05, 3.63) is 12.2 Å². The largest absolute Gasteiger partial charge is 0.390 e. The van der Waals surface area contributed by atoms with Gasteiger partial charge in [0.2, 0.25) is 5.91 Å². The van der Waals surface area contributed by atoms with Crippen molar-refractivity contribution in [3.8, 4) is 0 Å². The van der Waals surface area contributed by atoms with Crippen LogP contribution in [0.5, 0.6) is 0 Å². The van der Waals surface area contributed by atoms with Gasteiger partial charge in [-0.15, -0.1) is 0 Å². The number of nitrogens with zero attached hydrogens (tertiary/aromatic N) is 2. The lowest BCUT2D eigenvalue weighted by atomic mass is 9.88. The molecule has 1 atom stereocenters. The number of hydrogen-bond acceptors (Lipinski definition) is 3. The molecule has 0 aromatic rings. The van der Waals surface area contributed by atoms with Crippen LogP contribution >= 0.6 is 0 Å². The SMILES string of the molecule is CC(C)C1CCCN(C(=O)/C=C/CN2CC(O)C2)C1. The predicted octanol–water partition coefficient (Wildman–Crippen LogP) is 1.11. The van der Waals surface area contributed by atoms with Gasteiger partial charge in [0.1, 0.15) is 0 Å². The molecular formula is C15H26N2O2. The van der Waals surface area contributed by atoms with Crippen LogP contribution in [0.1, 0.15) is 26.7 Å². The molecule has 2 aliphatic heterocycles. The van der Waals surface area contributed by atoms with Crippen LogP contribution in [0.2, 0.25) is 0 Å². The van der Waals surface area contributed by atoms with Gasteiger partial charge in [-0.3, -0.25) is 9.69 Å². The van der Waals surface area contributed by atoms with E-state index < -0.39 is 0 Å². The highest BCUT2D eigenvalue weighted by atomic mass is 16.3. The van der Waals surface area contributed by atoms with E-state index in [1.54, 1.807) is 6.08 Å². The number of amides is 1. The summed E-state index contributed by atoms with van der Waals surface area (Å²) < 4.78 is 0. The minimum atomic E-state index is -0.169. The van der Waals surface area contributed by atoms with E-state index in [1.807, 2.05) is 11.0 Å². The minimum absolute atomic E-state index is 0.145.